The van der Waals surface area contributed by atoms with Crippen LogP contribution in [0.15, 0.2) is 0 Å². The molecule has 0 aromatic carbocycles. The van der Waals surface area contributed by atoms with E-state index in [1.54, 1.807) is 0 Å². The van der Waals surface area contributed by atoms with Crippen LogP contribution in [-0.4, -0.2) is 66.8 Å². The Kier molecular flexibility index (Phi) is 4.10. The minimum absolute atomic E-state index is 0.0250. The van der Waals surface area contributed by atoms with Crippen LogP contribution in [0.3, 0.4) is 0 Å². The highest BCUT2D eigenvalue weighted by Crippen LogP contribution is 2.37. The van der Waals surface area contributed by atoms with Gasteiger partial charge in [-0.2, -0.15) is 0 Å². The molecule has 2 aliphatic heterocycles. The van der Waals surface area contributed by atoms with Gasteiger partial charge in [-0.3, -0.25) is 4.90 Å². The third-order valence-corrected chi connectivity index (χ3v) is 5.45. The second-order valence-electron chi connectivity index (χ2n) is 7.69. The summed E-state index contributed by atoms with van der Waals surface area (Å²) >= 11 is 0. The topological polar surface area (TPSA) is 41.7 Å². The fraction of sp³-hybridized carbons (Fsp3) is 1.00. The quantitative estimate of drug-likeness (QED) is 0.843. The van der Waals surface area contributed by atoms with Crippen LogP contribution in [-0.2, 0) is 4.74 Å². The molecule has 0 amide bonds. The molecular formula is C16H31N3O. The molecule has 4 heteroatoms. The summed E-state index contributed by atoms with van der Waals surface area (Å²) in [6, 6.07) is 0. The zero-order valence-corrected chi connectivity index (χ0v) is 13.2. The second kappa shape index (κ2) is 5.56. The monoisotopic (exact) mass is 281 g/mol. The Balaban J connectivity index is 1.59. The molecule has 0 aromatic rings. The summed E-state index contributed by atoms with van der Waals surface area (Å²) in [4.78, 5) is 5.32. The summed E-state index contributed by atoms with van der Waals surface area (Å²) in [6.07, 6.45) is 5.08. The lowest BCUT2D eigenvalue weighted by molar-refractivity contribution is -0.124. The Morgan fingerprint density at radius 2 is 1.85 bits per heavy atom. The maximum absolute atomic E-state index is 6.20. The first kappa shape index (κ1) is 14.8. The van der Waals surface area contributed by atoms with Crippen molar-refractivity contribution in [1.29, 1.82) is 0 Å². The summed E-state index contributed by atoms with van der Waals surface area (Å²) in [5.74, 6) is 1.01. The molecule has 3 fully saturated rings. The lowest BCUT2D eigenvalue weighted by atomic mass is 9.79. The first-order valence-corrected chi connectivity index (χ1v) is 8.34. The van der Waals surface area contributed by atoms with E-state index in [-0.39, 0.29) is 11.1 Å². The standard InChI is InChI=1S/C16H31N3O/c1-15(2)12-16(13-17,5-10-20-15)19-8-6-18(7-9-19)11-14-3-4-14/h14H,3-13,17H2,1-2H3. The summed E-state index contributed by atoms with van der Waals surface area (Å²) in [6.45, 7) is 12.2. The van der Waals surface area contributed by atoms with E-state index in [1.807, 2.05) is 0 Å². The number of nitrogens with zero attached hydrogens (tertiary/aromatic N) is 2. The van der Waals surface area contributed by atoms with Gasteiger partial charge in [0, 0.05) is 51.4 Å². The van der Waals surface area contributed by atoms with Gasteiger partial charge in [-0.25, -0.2) is 0 Å². The van der Waals surface area contributed by atoms with Crippen molar-refractivity contribution in [2.45, 2.75) is 50.7 Å². The molecule has 1 aliphatic carbocycles. The summed E-state index contributed by atoms with van der Waals surface area (Å²) < 4.78 is 5.90. The van der Waals surface area contributed by atoms with Crippen LogP contribution in [0, 0.1) is 5.92 Å². The molecule has 0 bridgehead atoms. The fourth-order valence-corrected chi connectivity index (χ4v) is 4.09. The van der Waals surface area contributed by atoms with E-state index in [1.165, 1.54) is 45.6 Å². The van der Waals surface area contributed by atoms with Crippen LogP contribution < -0.4 is 5.73 Å². The fourth-order valence-electron chi connectivity index (χ4n) is 4.09. The van der Waals surface area contributed by atoms with Crippen molar-refractivity contribution in [2.75, 3.05) is 45.9 Å². The third kappa shape index (κ3) is 3.19. The molecule has 0 aromatic heterocycles. The van der Waals surface area contributed by atoms with Gasteiger partial charge in [0.25, 0.3) is 0 Å². The number of nitrogens with two attached hydrogens (primary N) is 1. The summed E-state index contributed by atoms with van der Waals surface area (Å²) in [7, 11) is 0. The average molecular weight is 281 g/mol. The molecule has 2 N–H and O–H groups in total. The molecule has 0 radical (unpaired) electrons. The van der Waals surface area contributed by atoms with Crippen molar-refractivity contribution in [3.05, 3.63) is 0 Å². The molecule has 3 aliphatic rings. The SMILES string of the molecule is CC1(C)CC(CN)(N2CCN(CC3CC3)CC2)CCO1. The minimum Gasteiger partial charge on any atom is -0.375 e. The molecule has 0 spiro atoms. The smallest absolute Gasteiger partial charge is 0.0644 e. The lowest BCUT2D eigenvalue weighted by Gasteiger charge is -2.53. The Hall–Kier alpha value is -0.160. The zero-order valence-electron chi connectivity index (χ0n) is 13.2. The van der Waals surface area contributed by atoms with E-state index >= 15 is 0 Å². The highest BCUT2D eigenvalue weighted by atomic mass is 16.5. The Labute approximate surface area is 123 Å². The average Bonchev–Trinajstić information content (AvgIpc) is 3.22. The normalized spacial score (nSPS) is 36.1. The number of hydrogen-bond acceptors (Lipinski definition) is 4. The van der Waals surface area contributed by atoms with E-state index in [0.29, 0.717) is 0 Å². The Morgan fingerprint density at radius 3 is 2.40 bits per heavy atom. The molecule has 20 heavy (non-hydrogen) atoms. The number of rotatable bonds is 4. The number of ether oxygens (including phenoxy) is 1. The van der Waals surface area contributed by atoms with Gasteiger partial charge in [-0.15, -0.1) is 0 Å². The highest BCUT2D eigenvalue weighted by Gasteiger charge is 2.44. The summed E-state index contributed by atoms with van der Waals surface area (Å²) in [5, 5.41) is 0. The second-order valence-corrected chi connectivity index (χ2v) is 7.69. The first-order chi connectivity index (χ1) is 9.53. The van der Waals surface area contributed by atoms with Crippen LogP contribution in [0.25, 0.3) is 0 Å². The van der Waals surface area contributed by atoms with E-state index in [0.717, 1.165) is 31.9 Å². The molecule has 2 heterocycles. The van der Waals surface area contributed by atoms with Gasteiger partial charge >= 0.3 is 0 Å². The van der Waals surface area contributed by atoms with Crippen molar-refractivity contribution in [3.8, 4) is 0 Å². The molecule has 4 nitrogen and oxygen atoms in total. The largest absolute Gasteiger partial charge is 0.375 e. The molecule has 2 saturated heterocycles. The van der Waals surface area contributed by atoms with Gasteiger partial charge in [0.2, 0.25) is 0 Å². The van der Waals surface area contributed by atoms with Crippen molar-refractivity contribution in [2.24, 2.45) is 11.7 Å². The maximum atomic E-state index is 6.20. The number of piperazine rings is 1. The lowest BCUT2D eigenvalue weighted by Crippen LogP contribution is -2.64. The van der Waals surface area contributed by atoms with Crippen LogP contribution in [0.5, 0.6) is 0 Å². The van der Waals surface area contributed by atoms with Crippen molar-refractivity contribution in [3.63, 3.8) is 0 Å². The summed E-state index contributed by atoms with van der Waals surface area (Å²) in [5.41, 5.74) is 6.35. The molecule has 1 unspecified atom stereocenters. The Bertz CT molecular complexity index is 335. The van der Waals surface area contributed by atoms with Crippen molar-refractivity contribution < 1.29 is 4.74 Å². The predicted molar refractivity (Wildman–Crippen MR) is 81.8 cm³/mol. The molecule has 1 atom stereocenters. The van der Waals surface area contributed by atoms with Gasteiger partial charge in [0.15, 0.2) is 0 Å². The van der Waals surface area contributed by atoms with Crippen LogP contribution >= 0.6 is 0 Å². The predicted octanol–water partition coefficient (Wildman–Crippen LogP) is 1.30. The highest BCUT2D eigenvalue weighted by molar-refractivity contribution is 5.00. The third-order valence-electron chi connectivity index (χ3n) is 5.45. The van der Waals surface area contributed by atoms with Gasteiger partial charge in [0.1, 0.15) is 0 Å². The molecule has 3 rings (SSSR count). The van der Waals surface area contributed by atoms with Gasteiger partial charge < -0.3 is 15.4 Å². The van der Waals surface area contributed by atoms with Crippen molar-refractivity contribution >= 4 is 0 Å². The van der Waals surface area contributed by atoms with Gasteiger partial charge in [0.05, 0.1) is 5.60 Å². The van der Waals surface area contributed by atoms with Crippen LogP contribution in [0.4, 0.5) is 0 Å². The minimum atomic E-state index is -0.0250. The van der Waals surface area contributed by atoms with Gasteiger partial charge in [-0.05, 0) is 45.4 Å². The number of hydrogen-bond donors (Lipinski definition) is 1. The molecule has 1 saturated carbocycles. The van der Waals surface area contributed by atoms with Crippen LogP contribution in [0.1, 0.15) is 39.5 Å². The van der Waals surface area contributed by atoms with Crippen LogP contribution in [0.2, 0.25) is 0 Å². The molecular weight excluding hydrogens is 250 g/mol. The maximum Gasteiger partial charge on any atom is 0.0644 e. The zero-order chi connectivity index (χ0) is 14.2. The van der Waals surface area contributed by atoms with E-state index < -0.39 is 0 Å². The molecule has 116 valence electrons. The van der Waals surface area contributed by atoms with E-state index in [4.69, 9.17) is 10.5 Å². The van der Waals surface area contributed by atoms with E-state index in [9.17, 15) is 0 Å². The first-order valence-electron chi connectivity index (χ1n) is 8.34. The van der Waals surface area contributed by atoms with Gasteiger partial charge in [-0.1, -0.05) is 0 Å². The van der Waals surface area contributed by atoms with Crippen molar-refractivity contribution in [1.82, 2.24) is 9.80 Å². The Morgan fingerprint density at radius 1 is 1.15 bits per heavy atom. The van der Waals surface area contributed by atoms with E-state index in [2.05, 4.69) is 23.6 Å².